The minimum Gasteiger partial charge on any atom is -0.467 e. The second-order valence-electron chi connectivity index (χ2n) is 6.80. The van der Waals surface area contributed by atoms with Crippen molar-refractivity contribution in [2.75, 3.05) is 32.8 Å². The number of carbonyl (C=O) groups is 1. The number of ether oxygens (including phenoxy) is 1. The van der Waals surface area contributed by atoms with Gasteiger partial charge in [0.15, 0.2) is 5.96 Å². The molecule has 1 amide bonds. The number of furan rings is 1. The summed E-state index contributed by atoms with van der Waals surface area (Å²) in [6.45, 7) is 5.94. The Morgan fingerprint density at radius 1 is 1.21 bits per heavy atom. The normalized spacial score (nSPS) is 15.0. The minimum absolute atomic E-state index is 0. The van der Waals surface area contributed by atoms with E-state index in [9.17, 15) is 4.79 Å². The Balaban J connectivity index is 0.00000392. The Hall–Kier alpha value is -1.29. The average Bonchev–Trinajstić information content (AvgIpc) is 3.21. The Kier molecular flexibility index (Phi) is 13.8. The first-order chi connectivity index (χ1) is 13.3. The molecule has 0 spiro atoms. The first-order valence-electron chi connectivity index (χ1n) is 10.2. The van der Waals surface area contributed by atoms with Crippen LogP contribution in [0.2, 0.25) is 0 Å². The number of nitrogens with zero attached hydrogens (tertiary/aromatic N) is 1. The van der Waals surface area contributed by atoms with E-state index in [1.165, 1.54) is 19.3 Å². The molecule has 8 heteroatoms. The number of aliphatic imine (C=N–C) groups is 1. The predicted octanol–water partition coefficient (Wildman–Crippen LogP) is 3.06. The van der Waals surface area contributed by atoms with Gasteiger partial charge < -0.3 is 25.1 Å². The molecule has 2 rings (SSSR count). The number of carbonyl (C=O) groups excluding carboxylic acids is 1. The van der Waals surface area contributed by atoms with Crippen molar-refractivity contribution in [3.8, 4) is 0 Å². The van der Waals surface area contributed by atoms with Crippen molar-refractivity contribution in [2.24, 2.45) is 10.9 Å². The highest BCUT2D eigenvalue weighted by Gasteiger charge is 2.20. The highest BCUT2D eigenvalue weighted by molar-refractivity contribution is 14.0. The Labute approximate surface area is 185 Å². The van der Waals surface area contributed by atoms with Crippen LogP contribution < -0.4 is 16.0 Å². The molecule has 1 heterocycles. The van der Waals surface area contributed by atoms with Crippen LogP contribution in [-0.4, -0.2) is 44.7 Å². The summed E-state index contributed by atoms with van der Waals surface area (Å²) in [6.07, 6.45) is 8.18. The van der Waals surface area contributed by atoms with Gasteiger partial charge in [0, 0.05) is 38.7 Å². The van der Waals surface area contributed by atoms with Gasteiger partial charge in [0.1, 0.15) is 12.4 Å². The van der Waals surface area contributed by atoms with E-state index in [1.54, 1.807) is 6.26 Å². The summed E-state index contributed by atoms with van der Waals surface area (Å²) in [5, 5.41) is 9.51. The van der Waals surface area contributed by atoms with Crippen LogP contribution in [0.3, 0.4) is 0 Å². The number of guanidine groups is 1. The first-order valence-corrected chi connectivity index (χ1v) is 10.2. The molecule has 0 radical (unpaired) electrons. The van der Waals surface area contributed by atoms with Crippen LogP contribution in [0, 0.1) is 5.92 Å². The molecule has 0 saturated heterocycles. The molecule has 1 saturated carbocycles. The highest BCUT2D eigenvalue weighted by atomic mass is 127. The van der Waals surface area contributed by atoms with Gasteiger partial charge in [-0.25, -0.2) is 0 Å². The lowest BCUT2D eigenvalue weighted by molar-refractivity contribution is -0.125. The molecule has 1 aromatic rings. The van der Waals surface area contributed by atoms with E-state index in [0.29, 0.717) is 32.8 Å². The number of hydrogen-bond donors (Lipinski definition) is 3. The predicted molar refractivity (Wildman–Crippen MR) is 122 cm³/mol. The third-order valence-corrected chi connectivity index (χ3v) is 4.58. The lowest BCUT2D eigenvalue weighted by Crippen LogP contribution is -2.42. The van der Waals surface area contributed by atoms with E-state index < -0.39 is 0 Å². The lowest BCUT2D eigenvalue weighted by atomic mass is 9.89. The number of amides is 1. The third-order valence-electron chi connectivity index (χ3n) is 4.58. The molecule has 1 aliphatic carbocycles. The highest BCUT2D eigenvalue weighted by Crippen LogP contribution is 2.23. The zero-order valence-electron chi connectivity index (χ0n) is 16.9. The molecule has 0 bridgehead atoms. The molecule has 0 unspecified atom stereocenters. The molecule has 28 heavy (non-hydrogen) atoms. The van der Waals surface area contributed by atoms with Gasteiger partial charge in [-0.2, -0.15) is 0 Å². The summed E-state index contributed by atoms with van der Waals surface area (Å²) >= 11 is 0. The largest absolute Gasteiger partial charge is 0.467 e. The second-order valence-corrected chi connectivity index (χ2v) is 6.80. The maximum Gasteiger partial charge on any atom is 0.223 e. The molecule has 160 valence electrons. The van der Waals surface area contributed by atoms with E-state index in [-0.39, 0.29) is 35.8 Å². The van der Waals surface area contributed by atoms with E-state index in [4.69, 9.17) is 9.15 Å². The molecule has 3 N–H and O–H groups in total. The van der Waals surface area contributed by atoms with Gasteiger partial charge in [0.2, 0.25) is 5.91 Å². The monoisotopic (exact) mass is 506 g/mol. The molecular weight excluding hydrogens is 471 g/mol. The Morgan fingerprint density at radius 2 is 2.00 bits per heavy atom. The summed E-state index contributed by atoms with van der Waals surface area (Å²) in [7, 11) is 0. The SMILES string of the molecule is CCNC(=NCCCOCc1ccco1)NCCNC(=O)C1CCCCC1.I. The molecule has 1 aliphatic rings. The lowest BCUT2D eigenvalue weighted by Gasteiger charge is -2.21. The van der Waals surface area contributed by atoms with Crippen molar-refractivity contribution in [3.63, 3.8) is 0 Å². The van der Waals surface area contributed by atoms with E-state index in [1.807, 2.05) is 19.1 Å². The average molecular weight is 506 g/mol. The molecule has 7 nitrogen and oxygen atoms in total. The van der Waals surface area contributed by atoms with Crippen molar-refractivity contribution < 1.29 is 13.9 Å². The summed E-state index contributed by atoms with van der Waals surface area (Å²) in [5.41, 5.74) is 0. The van der Waals surface area contributed by atoms with E-state index in [2.05, 4.69) is 20.9 Å². The van der Waals surface area contributed by atoms with E-state index in [0.717, 1.165) is 37.5 Å². The zero-order valence-corrected chi connectivity index (χ0v) is 19.2. The fourth-order valence-corrected chi connectivity index (χ4v) is 3.14. The standard InChI is InChI=1S/C20H34N4O3.HI/c1-2-21-20(23-11-7-14-26-16-18-10-6-15-27-18)24-13-12-22-19(25)17-8-4-3-5-9-17;/h6,10,15,17H,2-5,7-9,11-14,16H2,1H3,(H,22,25)(H2,21,23,24);1H. The van der Waals surface area contributed by atoms with Gasteiger partial charge in [0.25, 0.3) is 0 Å². The van der Waals surface area contributed by atoms with Gasteiger partial charge in [0.05, 0.1) is 6.26 Å². The minimum atomic E-state index is 0. The summed E-state index contributed by atoms with van der Waals surface area (Å²) in [6, 6.07) is 3.76. The van der Waals surface area contributed by atoms with Gasteiger partial charge in [-0.05, 0) is 38.3 Å². The molecule has 0 atom stereocenters. The number of hydrogen-bond acceptors (Lipinski definition) is 4. The van der Waals surface area contributed by atoms with Crippen LogP contribution in [0.25, 0.3) is 0 Å². The molecule has 0 aliphatic heterocycles. The summed E-state index contributed by atoms with van der Waals surface area (Å²) in [4.78, 5) is 16.7. The maximum absolute atomic E-state index is 12.1. The van der Waals surface area contributed by atoms with Crippen LogP contribution in [0.4, 0.5) is 0 Å². The van der Waals surface area contributed by atoms with Crippen molar-refractivity contribution in [2.45, 2.75) is 52.1 Å². The van der Waals surface area contributed by atoms with Crippen LogP contribution in [0.5, 0.6) is 0 Å². The Morgan fingerprint density at radius 3 is 2.71 bits per heavy atom. The van der Waals surface area contributed by atoms with Crippen molar-refractivity contribution in [1.29, 1.82) is 0 Å². The van der Waals surface area contributed by atoms with E-state index >= 15 is 0 Å². The summed E-state index contributed by atoms with van der Waals surface area (Å²) < 4.78 is 10.8. The van der Waals surface area contributed by atoms with Gasteiger partial charge in [-0.15, -0.1) is 24.0 Å². The van der Waals surface area contributed by atoms with Crippen molar-refractivity contribution >= 4 is 35.8 Å². The third kappa shape index (κ3) is 10.3. The Bertz CT molecular complexity index is 546. The van der Waals surface area contributed by atoms with Crippen LogP contribution in [0.1, 0.15) is 51.2 Å². The smallest absolute Gasteiger partial charge is 0.223 e. The van der Waals surface area contributed by atoms with Gasteiger partial charge >= 0.3 is 0 Å². The van der Waals surface area contributed by atoms with Crippen molar-refractivity contribution in [1.82, 2.24) is 16.0 Å². The summed E-state index contributed by atoms with van der Waals surface area (Å²) in [5.74, 6) is 2.02. The fourth-order valence-electron chi connectivity index (χ4n) is 3.14. The first kappa shape index (κ1) is 24.7. The molecular formula is C20H35IN4O3. The topological polar surface area (TPSA) is 87.9 Å². The fraction of sp³-hybridized carbons (Fsp3) is 0.700. The molecule has 0 aromatic carbocycles. The van der Waals surface area contributed by atoms with Gasteiger partial charge in [-0.1, -0.05) is 19.3 Å². The van der Waals surface area contributed by atoms with Crippen LogP contribution in [-0.2, 0) is 16.1 Å². The molecule has 1 aromatic heterocycles. The number of halogens is 1. The van der Waals surface area contributed by atoms with Crippen LogP contribution >= 0.6 is 24.0 Å². The number of nitrogens with one attached hydrogen (secondary N) is 3. The quantitative estimate of drug-likeness (QED) is 0.186. The second kappa shape index (κ2) is 15.6. The van der Waals surface area contributed by atoms with Gasteiger partial charge in [-0.3, -0.25) is 9.79 Å². The zero-order chi connectivity index (χ0) is 19.2. The van der Waals surface area contributed by atoms with Crippen LogP contribution in [0.15, 0.2) is 27.8 Å². The maximum atomic E-state index is 12.1. The molecule has 1 fully saturated rings. The van der Waals surface area contributed by atoms with Crippen molar-refractivity contribution in [3.05, 3.63) is 24.2 Å². The number of rotatable bonds is 11.